The lowest BCUT2D eigenvalue weighted by Gasteiger charge is -2.33. The van der Waals surface area contributed by atoms with E-state index in [1.165, 1.54) is 12.8 Å². The zero-order chi connectivity index (χ0) is 15.2. The molecule has 0 aromatic carbocycles. The van der Waals surface area contributed by atoms with Crippen LogP contribution in [-0.4, -0.2) is 42.6 Å². The van der Waals surface area contributed by atoms with E-state index in [0.717, 1.165) is 18.8 Å². The van der Waals surface area contributed by atoms with Crippen LogP contribution in [0.2, 0.25) is 0 Å². The van der Waals surface area contributed by atoms with E-state index >= 15 is 0 Å². The summed E-state index contributed by atoms with van der Waals surface area (Å²) < 4.78 is 5.05. The fourth-order valence-electron chi connectivity index (χ4n) is 3.25. The summed E-state index contributed by atoms with van der Waals surface area (Å²) in [4.78, 5) is 25.8. The van der Waals surface area contributed by atoms with Crippen LogP contribution in [0.5, 0.6) is 0 Å². The number of likely N-dealkylation sites (tertiary alicyclic amines) is 1. The first-order valence-electron chi connectivity index (χ1n) is 8.32. The fourth-order valence-corrected chi connectivity index (χ4v) is 3.25. The molecule has 5 nitrogen and oxygen atoms in total. The molecule has 5 heteroatoms. The second-order valence-electron chi connectivity index (χ2n) is 6.42. The van der Waals surface area contributed by atoms with Crippen LogP contribution >= 0.6 is 0 Å². The van der Waals surface area contributed by atoms with Crippen LogP contribution in [0.15, 0.2) is 0 Å². The number of hydrogen-bond acceptors (Lipinski definition) is 3. The van der Waals surface area contributed by atoms with Gasteiger partial charge in [-0.1, -0.05) is 6.92 Å². The number of amides is 2. The SMILES string of the molecule is CCOC(=O)C1CCN(C(=O)NC2CCC(C)CC2)CC1. The second-order valence-corrected chi connectivity index (χ2v) is 6.42. The van der Waals surface area contributed by atoms with Gasteiger partial charge < -0.3 is 15.0 Å². The van der Waals surface area contributed by atoms with Gasteiger partial charge in [-0.05, 0) is 51.4 Å². The molecule has 1 saturated carbocycles. The van der Waals surface area contributed by atoms with Crippen molar-refractivity contribution in [2.75, 3.05) is 19.7 Å². The zero-order valence-electron chi connectivity index (χ0n) is 13.3. The molecule has 0 unspecified atom stereocenters. The molecule has 120 valence electrons. The molecule has 2 fully saturated rings. The lowest BCUT2D eigenvalue weighted by Crippen LogP contribution is -2.49. The third-order valence-electron chi connectivity index (χ3n) is 4.75. The summed E-state index contributed by atoms with van der Waals surface area (Å²) in [7, 11) is 0. The average molecular weight is 296 g/mol. The molecule has 1 saturated heterocycles. The van der Waals surface area contributed by atoms with E-state index in [-0.39, 0.29) is 17.9 Å². The molecule has 2 aliphatic rings. The molecule has 0 spiro atoms. The summed E-state index contributed by atoms with van der Waals surface area (Å²) in [5.41, 5.74) is 0. The molecule has 1 N–H and O–H groups in total. The Hall–Kier alpha value is -1.26. The fraction of sp³-hybridized carbons (Fsp3) is 0.875. The van der Waals surface area contributed by atoms with Gasteiger partial charge in [0.05, 0.1) is 12.5 Å². The molecule has 1 heterocycles. The smallest absolute Gasteiger partial charge is 0.317 e. The highest BCUT2D eigenvalue weighted by molar-refractivity contribution is 5.76. The standard InChI is InChI=1S/C16H28N2O3/c1-3-21-15(19)13-8-10-18(11-9-13)16(20)17-14-6-4-12(2)5-7-14/h12-14H,3-11H2,1-2H3,(H,17,20). The molecule has 1 aliphatic carbocycles. The first-order chi connectivity index (χ1) is 10.1. The third-order valence-corrected chi connectivity index (χ3v) is 4.75. The van der Waals surface area contributed by atoms with Gasteiger partial charge in [0.25, 0.3) is 0 Å². The van der Waals surface area contributed by atoms with Crippen molar-refractivity contribution in [1.29, 1.82) is 0 Å². The molecule has 0 radical (unpaired) electrons. The minimum Gasteiger partial charge on any atom is -0.466 e. The number of carbonyl (C=O) groups excluding carboxylic acids is 2. The Labute approximate surface area is 127 Å². The molecule has 21 heavy (non-hydrogen) atoms. The molecule has 2 amide bonds. The first kappa shape index (κ1) is 16.1. The minimum absolute atomic E-state index is 0.0375. The Balaban J connectivity index is 1.71. The Morgan fingerprint density at radius 2 is 1.71 bits per heavy atom. The second kappa shape index (κ2) is 7.66. The van der Waals surface area contributed by atoms with Crippen molar-refractivity contribution in [2.45, 2.75) is 58.4 Å². The summed E-state index contributed by atoms with van der Waals surface area (Å²) in [6, 6.07) is 0.369. The largest absolute Gasteiger partial charge is 0.466 e. The number of hydrogen-bond donors (Lipinski definition) is 1. The van der Waals surface area contributed by atoms with Crippen molar-refractivity contribution in [3.63, 3.8) is 0 Å². The Kier molecular flexibility index (Phi) is 5.88. The normalized spacial score (nSPS) is 27.2. The molecular formula is C16H28N2O3. The van der Waals surface area contributed by atoms with Gasteiger partial charge in [-0.15, -0.1) is 0 Å². The van der Waals surface area contributed by atoms with E-state index in [9.17, 15) is 9.59 Å². The van der Waals surface area contributed by atoms with Crippen LogP contribution in [-0.2, 0) is 9.53 Å². The molecule has 0 atom stereocenters. The molecule has 0 bridgehead atoms. The van der Waals surface area contributed by atoms with Gasteiger partial charge in [-0.25, -0.2) is 4.79 Å². The topological polar surface area (TPSA) is 58.6 Å². The number of esters is 1. The van der Waals surface area contributed by atoms with Gasteiger partial charge in [0.15, 0.2) is 0 Å². The van der Waals surface area contributed by atoms with Crippen molar-refractivity contribution < 1.29 is 14.3 Å². The van der Waals surface area contributed by atoms with Crippen molar-refractivity contribution >= 4 is 12.0 Å². The summed E-state index contributed by atoms with van der Waals surface area (Å²) in [5.74, 6) is 0.641. The maximum atomic E-state index is 12.2. The van der Waals surface area contributed by atoms with Crippen molar-refractivity contribution in [3.05, 3.63) is 0 Å². The Morgan fingerprint density at radius 3 is 2.29 bits per heavy atom. The lowest BCUT2D eigenvalue weighted by molar-refractivity contribution is -0.149. The van der Waals surface area contributed by atoms with Gasteiger partial charge in [-0.3, -0.25) is 4.79 Å². The summed E-state index contributed by atoms with van der Waals surface area (Å²) in [5, 5.41) is 3.15. The number of rotatable bonds is 3. The Morgan fingerprint density at radius 1 is 1.10 bits per heavy atom. The van der Waals surface area contributed by atoms with E-state index in [1.54, 1.807) is 0 Å². The van der Waals surface area contributed by atoms with Crippen LogP contribution in [0, 0.1) is 11.8 Å². The van der Waals surface area contributed by atoms with Gasteiger partial charge in [0.2, 0.25) is 0 Å². The van der Waals surface area contributed by atoms with Crippen LogP contribution in [0.25, 0.3) is 0 Å². The van der Waals surface area contributed by atoms with Crippen LogP contribution in [0.3, 0.4) is 0 Å². The van der Waals surface area contributed by atoms with E-state index in [4.69, 9.17) is 4.74 Å². The minimum atomic E-state index is -0.112. The van der Waals surface area contributed by atoms with Gasteiger partial charge in [-0.2, -0.15) is 0 Å². The summed E-state index contributed by atoms with van der Waals surface area (Å²) >= 11 is 0. The number of nitrogens with zero attached hydrogens (tertiary/aromatic N) is 1. The summed E-state index contributed by atoms with van der Waals surface area (Å²) in [6.07, 6.45) is 6.02. The van der Waals surface area contributed by atoms with Crippen LogP contribution < -0.4 is 5.32 Å². The number of nitrogens with one attached hydrogen (secondary N) is 1. The quantitative estimate of drug-likeness (QED) is 0.814. The van der Waals surface area contributed by atoms with Gasteiger partial charge >= 0.3 is 12.0 Å². The number of piperidine rings is 1. The van der Waals surface area contributed by atoms with E-state index in [2.05, 4.69) is 12.2 Å². The Bertz CT molecular complexity index is 357. The van der Waals surface area contributed by atoms with Crippen LogP contribution in [0.4, 0.5) is 4.79 Å². The monoisotopic (exact) mass is 296 g/mol. The highest BCUT2D eigenvalue weighted by atomic mass is 16.5. The predicted molar refractivity (Wildman–Crippen MR) is 80.9 cm³/mol. The van der Waals surface area contributed by atoms with Gasteiger partial charge in [0, 0.05) is 19.1 Å². The van der Waals surface area contributed by atoms with Crippen molar-refractivity contribution in [2.24, 2.45) is 11.8 Å². The van der Waals surface area contributed by atoms with E-state index in [0.29, 0.717) is 38.6 Å². The maximum Gasteiger partial charge on any atom is 0.317 e. The maximum absolute atomic E-state index is 12.2. The first-order valence-corrected chi connectivity index (χ1v) is 8.32. The molecule has 2 rings (SSSR count). The molecule has 1 aliphatic heterocycles. The van der Waals surface area contributed by atoms with Crippen molar-refractivity contribution in [1.82, 2.24) is 10.2 Å². The van der Waals surface area contributed by atoms with E-state index in [1.807, 2.05) is 11.8 Å². The highest BCUT2D eigenvalue weighted by Crippen LogP contribution is 2.24. The number of urea groups is 1. The molecular weight excluding hydrogens is 268 g/mol. The number of ether oxygens (including phenoxy) is 1. The highest BCUT2D eigenvalue weighted by Gasteiger charge is 2.29. The summed E-state index contributed by atoms with van der Waals surface area (Å²) in [6.45, 7) is 5.83. The average Bonchev–Trinajstić information content (AvgIpc) is 2.50. The predicted octanol–water partition coefficient (Wildman–Crippen LogP) is 2.55. The zero-order valence-corrected chi connectivity index (χ0v) is 13.3. The van der Waals surface area contributed by atoms with Crippen LogP contribution in [0.1, 0.15) is 52.4 Å². The molecule has 0 aromatic rings. The van der Waals surface area contributed by atoms with Gasteiger partial charge in [0.1, 0.15) is 0 Å². The number of carbonyl (C=O) groups is 2. The lowest BCUT2D eigenvalue weighted by atomic mass is 9.87. The van der Waals surface area contributed by atoms with E-state index < -0.39 is 0 Å². The third kappa shape index (κ3) is 4.61. The van der Waals surface area contributed by atoms with Crippen molar-refractivity contribution in [3.8, 4) is 0 Å². The molecule has 0 aromatic heterocycles.